The quantitative estimate of drug-likeness (QED) is 0.161. The maximum absolute atomic E-state index is 13.5. The summed E-state index contributed by atoms with van der Waals surface area (Å²) in [6.45, 7) is 2.75. The molecule has 0 atom stereocenters. The van der Waals surface area contributed by atoms with Crippen LogP contribution in [0.1, 0.15) is 53.5 Å². The van der Waals surface area contributed by atoms with Crippen LogP contribution in [0.5, 0.6) is 0 Å². The van der Waals surface area contributed by atoms with E-state index in [-0.39, 0.29) is 5.69 Å². The van der Waals surface area contributed by atoms with E-state index < -0.39 is 17.1 Å². The Morgan fingerprint density at radius 3 is 2.72 bits per heavy atom. The minimum absolute atomic E-state index is 0.247. The van der Waals surface area contributed by atoms with Crippen molar-refractivity contribution < 1.29 is 14.7 Å². The number of nitrogens with one attached hydrogen (secondary N) is 1. The predicted octanol–water partition coefficient (Wildman–Crippen LogP) is 5.44. The molecule has 0 unspecified atom stereocenters. The molecule has 1 fully saturated rings. The van der Waals surface area contributed by atoms with E-state index in [1.807, 2.05) is 19.1 Å². The van der Waals surface area contributed by atoms with E-state index in [9.17, 15) is 14.9 Å². The maximum Gasteiger partial charge on any atom is 0.294 e. The van der Waals surface area contributed by atoms with Crippen LogP contribution in [0.3, 0.4) is 0 Å². The van der Waals surface area contributed by atoms with Gasteiger partial charge in [0, 0.05) is 36.5 Å². The van der Waals surface area contributed by atoms with Crippen molar-refractivity contribution in [2.45, 2.75) is 45.1 Å². The van der Waals surface area contributed by atoms with E-state index >= 15 is 0 Å². The van der Waals surface area contributed by atoms with Crippen molar-refractivity contribution in [3.63, 3.8) is 0 Å². The number of nitriles is 1. The van der Waals surface area contributed by atoms with Gasteiger partial charge < -0.3 is 4.84 Å². The smallest absolute Gasteiger partial charge is 0.294 e. The van der Waals surface area contributed by atoms with E-state index in [0.29, 0.717) is 60.9 Å². The molecule has 1 aromatic carbocycles. The van der Waals surface area contributed by atoms with Crippen LogP contribution < -0.4 is 5.43 Å². The maximum atomic E-state index is 13.5. The first-order valence-corrected chi connectivity index (χ1v) is 13.8. The topological polar surface area (TPSA) is 126 Å². The summed E-state index contributed by atoms with van der Waals surface area (Å²) in [6.07, 6.45) is 1.70. The minimum atomic E-state index is -0.781. The molecule has 3 aromatic rings. The molecule has 1 saturated heterocycles. The highest BCUT2D eigenvalue weighted by molar-refractivity contribution is 7.16. The Labute approximate surface area is 239 Å². The van der Waals surface area contributed by atoms with Gasteiger partial charge in [-0.25, -0.2) is 9.69 Å². The van der Waals surface area contributed by atoms with Crippen molar-refractivity contribution in [3.05, 3.63) is 66.6 Å². The van der Waals surface area contributed by atoms with E-state index in [2.05, 4.69) is 28.2 Å². The Kier molecular flexibility index (Phi) is 9.44. The van der Waals surface area contributed by atoms with Crippen LogP contribution >= 0.6 is 34.5 Å². The van der Waals surface area contributed by atoms with E-state index in [4.69, 9.17) is 33.6 Å². The number of halogens is 2. The fourth-order valence-corrected chi connectivity index (χ4v) is 5.67. The number of hydrogen-bond donors (Lipinski definition) is 1. The lowest BCUT2D eigenvalue weighted by Gasteiger charge is -2.30. The third-order valence-electron chi connectivity index (χ3n) is 6.04. The predicted molar refractivity (Wildman–Crippen MR) is 148 cm³/mol. The first-order valence-electron chi connectivity index (χ1n) is 12.2. The number of hydrazine groups is 1. The summed E-state index contributed by atoms with van der Waals surface area (Å²) in [4.78, 5) is 30.4. The molecular weight excluding hydrogens is 563 g/mol. The standard InChI is InChI=1S/C26H24Cl2N6O4S/c1-2-20-24(26(35)31-32-14-11-18(12-15-32)38-34(36)37)30-33(22-9-7-17(27)16-21(22)28)25(20)23-10-8-19(39-23)6-4-3-5-13-29/h7-10,16,18H,2-3,5,11-12,14-15H2,1H3,(H,31,35). The van der Waals surface area contributed by atoms with Gasteiger partial charge in [0.05, 0.1) is 32.2 Å². The molecule has 1 aliphatic rings. The number of amides is 1. The number of rotatable bonds is 8. The summed E-state index contributed by atoms with van der Waals surface area (Å²) >= 11 is 14.1. The van der Waals surface area contributed by atoms with Crippen LogP contribution in [0.15, 0.2) is 30.3 Å². The lowest BCUT2D eigenvalue weighted by atomic mass is 10.1. The van der Waals surface area contributed by atoms with E-state index in [1.54, 1.807) is 27.9 Å². The second-order valence-electron chi connectivity index (χ2n) is 8.62. The van der Waals surface area contributed by atoms with Crippen LogP contribution in [0, 0.1) is 33.3 Å². The van der Waals surface area contributed by atoms with Crippen molar-refractivity contribution in [1.82, 2.24) is 20.2 Å². The van der Waals surface area contributed by atoms with Crippen LogP contribution in [0.2, 0.25) is 10.0 Å². The minimum Gasteiger partial charge on any atom is -0.310 e. The van der Waals surface area contributed by atoms with Gasteiger partial charge in [-0.15, -0.1) is 21.5 Å². The Balaban J connectivity index is 1.68. The highest BCUT2D eigenvalue weighted by Crippen LogP contribution is 2.36. The van der Waals surface area contributed by atoms with Crippen LogP contribution in [0.4, 0.5) is 0 Å². The number of thiophene rings is 1. The lowest BCUT2D eigenvalue weighted by molar-refractivity contribution is -0.769. The number of aromatic nitrogens is 2. The third-order valence-corrected chi connectivity index (χ3v) is 7.58. The third kappa shape index (κ3) is 6.88. The van der Waals surface area contributed by atoms with Crippen LogP contribution in [-0.4, -0.2) is 45.0 Å². The molecule has 3 heterocycles. The Hall–Kier alpha value is -3.61. The van der Waals surface area contributed by atoms with Gasteiger partial charge in [0.2, 0.25) is 0 Å². The molecule has 2 aromatic heterocycles. The van der Waals surface area contributed by atoms with Crippen molar-refractivity contribution in [2.24, 2.45) is 0 Å². The summed E-state index contributed by atoms with van der Waals surface area (Å²) in [5.41, 5.74) is 5.16. The van der Waals surface area contributed by atoms with Crippen molar-refractivity contribution in [2.75, 3.05) is 13.1 Å². The van der Waals surface area contributed by atoms with Gasteiger partial charge in [-0.3, -0.25) is 10.2 Å². The molecule has 13 heteroatoms. The first kappa shape index (κ1) is 28.4. The first-order chi connectivity index (χ1) is 18.8. The summed E-state index contributed by atoms with van der Waals surface area (Å²) in [6, 6.07) is 11.0. The molecule has 202 valence electrons. The van der Waals surface area contributed by atoms with Gasteiger partial charge in [0.1, 0.15) is 6.10 Å². The number of unbranched alkanes of at least 4 members (excludes halogenated alkanes) is 1. The number of piperidine rings is 1. The number of hydrogen-bond acceptors (Lipinski definition) is 8. The van der Waals surface area contributed by atoms with Gasteiger partial charge >= 0.3 is 0 Å². The summed E-state index contributed by atoms with van der Waals surface area (Å²) in [5.74, 6) is 5.70. The molecular formula is C26H24Cl2N6O4S. The molecule has 1 N–H and O–H groups in total. The molecule has 4 rings (SSSR count). The average molecular weight is 587 g/mol. The molecule has 0 bridgehead atoms. The largest absolute Gasteiger partial charge is 0.310 e. The zero-order valence-electron chi connectivity index (χ0n) is 20.9. The molecule has 0 spiro atoms. The highest BCUT2D eigenvalue weighted by atomic mass is 35.5. The van der Waals surface area contributed by atoms with Crippen molar-refractivity contribution >= 4 is 40.4 Å². The molecule has 39 heavy (non-hydrogen) atoms. The zero-order chi connectivity index (χ0) is 27.9. The molecule has 0 saturated carbocycles. The molecule has 1 aliphatic heterocycles. The second-order valence-corrected chi connectivity index (χ2v) is 10.5. The van der Waals surface area contributed by atoms with Gasteiger partial charge in [-0.2, -0.15) is 10.4 Å². The SMILES string of the molecule is CCc1c(C(=O)NN2CCC(O[N+](=O)[O-])CC2)nn(-c2ccc(Cl)cc2Cl)c1-c1ccc(C#CCCC#N)s1. The van der Waals surface area contributed by atoms with E-state index in [1.165, 1.54) is 11.3 Å². The summed E-state index contributed by atoms with van der Waals surface area (Å²) in [5, 5.41) is 25.9. The monoisotopic (exact) mass is 586 g/mol. The average Bonchev–Trinajstić information content (AvgIpc) is 3.52. The highest BCUT2D eigenvalue weighted by Gasteiger charge is 2.28. The van der Waals surface area contributed by atoms with Crippen molar-refractivity contribution in [1.29, 1.82) is 5.26 Å². The molecule has 0 aliphatic carbocycles. The molecule has 0 radical (unpaired) electrons. The molecule has 10 nitrogen and oxygen atoms in total. The van der Waals surface area contributed by atoms with Gasteiger partial charge in [0.15, 0.2) is 5.69 Å². The fourth-order valence-electron chi connectivity index (χ4n) is 4.24. The fraction of sp³-hybridized carbons (Fsp3) is 0.346. The number of nitrogens with zero attached hydrogens (tertiary/aromatic N) is 5. The van der Waals surface area contributed by atoms with Crippen molar-refractivity contribution in [3.8, 4) is 34.2 Å². The van der Waals surface area contributed by atoms with E-state index in [0.717, 1.165) is 21.0 Å². The Morgan fingerprint density at radius 2 is 2.05 bits per heavy atom. The summed E-state index contributed by atoms with van der Waals surface area (Å²) < 4.78 is 1.66. The molecule has 1 amide bonds. The van der Waals surface area contributed by atoms with Gasteiger partial charge in [-0.1, -0.05) is 42.0 Å². The summed E-state index contributed by atoms with van der Waals surface area (Å²) in [7, 11) is 0. The second kappa shape index (κ2) is 13.0. The number of carbonyl (C=O) groups excluding carboxylic acids is 1. The van der Waals surface area contributed by atoms with Gasteiger partial charge in [-0.05, 0) is 49.6 Å². The number of benzene rings is 1. The van der Waals surface area contributed by atoms with Gasteiger partial charge in [0.25, 0.3) is 11.0 Å². The zero-order valence-corrected chi connectivity index (χ0v) is 23.3. The Bertz CT molecular complexity index is 1480. The number of carbonyl (C=O) groups is 1. The van der Waals surface area contributed by atoms with Crippen LogP contribution in [-0.2, 0) is 11.3 Å². The normalized spacial score (nSPS) is 13.8. The lowest BCUT2D eigenvalue weighted by Crippen LogP contribution is -2.48. The Morgan fingerprint density at radius 1 is 1.28 bits per heavy atom. The van der Waals surface area contributed by atoms with Crippen LogP contribution in [0.25, 0.3) is 16.3 Å².